The highest BCUT2D eigenvalue weighted by molar-refractivity contribution is 8.18. The Morgan fingerprint density at radius 3 is 2.64 bits per heavy atom. The summed E-state index contributed by atoms with van der Waals surface area (Å²) in [6.45, 7) is 0. The summed E-state index contributed by atoms with van der Waals surface area (Å²) >= 11 is 10.7. The number of aliphatic carboxylic acids is 1. The molecule has 0 spiro atoms. The van der Waals surface area contributed by atoms with Crippen molar-refractivity contribution in [2.24, 2.45) is 5.16 Å². The lowest BCUT2D eigenvalue weighted by Gasteiger charge is -2.49. The number of β-lactam (4-membered cyclic amide) rings is 1. The van der Waals surface area contributed by atoms with Gasteiger partial charge in [-0.3, -0.25) is 14.5 Å². The average molecular weight is 590 g/mol. The number of fused-ring (bicyclic) bond motifs is 1. The lowest BCUT2D eigenvalue weighted by molar-refractivity contribution is -0.150. The fraction of sp³-hybridized carbons (Fsp3) is 0.235. The second-order valence-electron chi connectivity index (χ2n) is 6.96. The van der Waals surface area contributed by atoms with Crippen LogP contribution in [0.4, 0.5) is 16.9 Å². The molecule has 0 unspecified atom stereocenters. The zero-order valence-corrected chi connectivity index (χ0v) is 21.8. The number of oxime groups is 1. The van der Waals surface area contributed by atoms with E-state index in [0.717, 1.165) is 16.2 Å². The van der Waals surface area contributed by atoms with Crippen molar-refractivity contribution in [1.29, 1.82) is 0 Å². The van der Waals surface area contributed by atoms with Gasteiger partial charge in [-0.25, -0.2) is 14.8 Å². The maximum atomic E-state index is 12.9. The van der Waals surface area contributed by atoms with Crippen molar-refractivity contribution in [3.05, 3.63) is 26.7 Å². The van der Waals surface area contributed by atoms with Gasteiger partial charge in [-0.2, -0.15) is 4.98 Å². The number of nitrogens with zero attached hydrogens (tertiary/aromatic N) is 5. The smallest absolute Gasteiger partial charge is 0.353 e. The number of nitrogen functional groups attached to an aromatic ring is 3. The molecule has 2 amide bonds. The Balaban J connectivity index is 1.45. The average Bonchev–Trinajstić information content (AvgIpc) is 3.14. The van der Waals surface area contributed by atoms with E-state index >= 15 is 0 Å². The van der Waals surface area contributed by atoms with Gasteiger partial charge in [0.2, 0.25) is 5.95 Å². The zero-order chi connectivity index (χ0) is 26.1. The van der Waals surface area contributed by atoms with E-state index in [-0.39, 0.29) is 38.4 Å². The molecule has 2 atom stereocenters. The summed E-state index contributed by atoms with van der Waals surface area (Å²) in [6.07, 6.45) is 0. The Kier molecular flexibility index (Phi) is 7.69. The predicted molar refractivity (Wildman–Crippen MR) is 139 cm³/mol. The SMILES string of the molecule is Nc1cc(SCSC2=C(C(=O)O)N3C(=O)[C@@H](NC(=O)/C(=N/O)c4nc(N)sc4Cl)[C@H]3SC2)nc(N)n1. The van der Waals surface area contributed by atoms with Gasteiger partial charge in [0.1, 0.15) is 38.0 Å². The molecule has 9 N–H and O–H groups in total. The molecule has 2 aliphatic rings. The molecular formula is C17H16ClN9O5S4. The third-order valence-corrected chi connectivity index (χ3v) is 9.42. The van der Waals surface area contributed by atoms with E-state index in [1.807, 2.05) is 0 Å². The second-order valence-corrected chi connectivity index (χ2v) is 12.1. The van der Waals surface area contributed by atoms with Gasteiger partial charge in [0.15, 0.2) is 10.8 Å². The Bertz CT molecular complexity index is 1300. The number of carbonyl (C=O) groups excluding carboxylic acids is 2. The second kappa shape index (κ2) is 10.6. The van der Waals surface area contributed by atoms with Gasteiger partial charge in [-0.05, 0) is 0 Å². The Morgan fingerprint density at radius 1 is 1.28 bits per heavy atom. The minimum Gasteiger partial charge on any atom is -0.477 e. The molecule has 36 heavy (non-hydrogen) atoms. The first kappa shape index (κ1) is 26.1. The molecule has 1 saturated heterocycles. The normalized spacial score (nSPS) is 19.6. The highest BCUT2D eigenvalue weighted by Crippen LogP contribution is 2.44. The van der Waals surface area contributed by atoms with Crippen LogP contribution in [0.25, 0.3) is 0 Å². The lowest BCUT2D eigenvalue weighted by atomic mass is 10.0. The number of nitrogens with one attached hydrogen (secondary N) is 1. The van der Waals surface area contributed by atoms with E-state index in [2.05, 4.69) is 25.4 Å². The number of halogens is 1. The number of hydrogen-bond acceptors (Lipinski definition) is 15. The first-order chi connectivity index (χ1) is 17.1. The molecule has 0 saturated carbocycles. The number of nitrogens with two attached hydrogens (primary N) is 3. The summed E-state index contributed by atoms with van der Waals surface area (Å²) in [5, 5.41) is 24.8. The number of aromatic nitrogens is 3. The fourth-order valence-corrected chi connectivity index (χ4v) is 7.90. The van der Waals surface area contributed by atoms with Crippen LogP contribution in [0.3, 0.4) is 0 Å². The maximum absolute atomic E-state index is 12.9. The first-order valence-corrected chi connectivity index (χ1v) is 13.8. The van der Waals surface area contributed by atoms with E-state index in [4.69, 9.17) is 28.8 Å². The monoisotopic (exact) mass is 589 g/mol. The number of carboxylic acid groups (broad SMARTS) is 1. The molecular weight excluding hydrogens is 574 g/mol. The van der Waals surface area contributed by atoms with Crippen LogP contribution in [-0.2, 0) is 14.4 Å². The zero-order valence-electron chi connectivity index (χ0n) is 17.7. The predicted octanol–water partition coefficient (Wildman–Crippen LogP) is 0.690. The Labute approximate surface area is 224 Å². The summed E-state index contributed by atoms with van der Waals surface area (Å²) in [7, 11) is 0. The van der Waals surface area contributed by atoms with Crippen molar-refractivity contribution < 1.29 is 24.7 Å². The Hall–Kier alpha value is -2.93. The molecule has 4 heterocycles. The summed E-state index contributed by atoms with van der Waals surface area (Å²) in [5.41, 5.74) is 16.0. The van der Waals surface area contributed by atoms with Crippen molar-refractivity contribution in [2.45, 2.75) is 16.4 Å². The number of carbonyl (C=O) groups is 3. The third-order valence-electron chi connectivity index (χ3n) is 4.74. The largest absolute Gasteiger partial charge is 0.477 e. The van der Waals surface area contributed by atoms with Crippen LogP contribution in [0.2, 0.25) is 4.34 Å². The van der Waals surface area contributed by atoms with Crippen LogP contribution in [-0.4, -0.2) is 75.9 Å². The lowest BCUT2D eigenvalue weighted by Crippen LogP contribution is -2.71. The summed E-state index contributed by atoms with van der Waals surface area (Å²) in [6, 6.07) is 0.500. The molecule has 1 fully saturated rings. The highest BCUT2D eigenvalue weighted by Gasteiger charge is 2.54. The van der Waals surface area contributed by atoms with Gasteiger partial charge in [0.05, 0.1) is 0 Å². The molecule has 0 aliphatic carbocycles. The van der Waals surface area contributed by atoms with Crippen molar-refractivity contribution in [2.75, 3.05) is 28.0 Å². The topological polar surface area (TPSA) is 236 Å². The van der Waals surface area contributed by atoms with Gasteiger partial charge < -0.3 is 32.8 Å². The van der Waals surface area contributed by atoms with Gasteiger partial charge in [-0.15, -0.1) is 23.5 Å². The van der Waals surface area contributed by atoms with Crippen molar-refractivity contribution in [3.8, 4) is 0 Å². The molecule has 190 valence electrons. The molecule has 4 rings (SSSR count). The van der Waals surface area contributed by atoms with E-state index in [1.165, 1.54) is 35.3 Å². The first-order valence-electron chi connectivity index (χ1n) is 9.62. The number of amides is 2. The van der Waals surface area contributed by atoms with Crippen LogP contribution >= 0.6 is 58.2 Å². The summed E-state index contributed by atoms with van der Waals surface area (Å²) in [4.78, 5) is 50.9. The molecule has 14 nitrogen and oxygen atoms in total. The van der Waals surface area contributed by atoms with Crippen molar-refractivity contribution in [3.63, 3.8) is 0 Å². The molecule has 0 radical (unpaired) electrons. The number of rotatable bonds is 8. The standard InChI is InChI=1S/C17H16ClN9O5S4/c18-11-7(25-17(21)36-11)8(26-32)12(28)24-9-13(29)27-10(15(30)31)4(2-33-14(9)27)34-3-35-6-1-5(19)22-16(20)23-6/h1,9,14,32H,2-3H2,(H2,21,25)(H,24,28)(H,30,31)(H4,19,20,22,23)/b26-8+/t9-,14-/m1/s1. The third kappa shape index (κ3) is 5.12. The molecule has 2 aromatic heterocycles. The molecule has 2 aliphatic heterocycles. The van der Waals surface area contributed by atoms with E-state index < -0.39 is 34.9 Å². The number of thioether (sulfide) groups is 3. The molecule has 19 heteroatoms. The number of thiazole rings is 1. The van der Waals surface area contributed by atoms with Gasteiger partial charge in [-0.1, -0.05) is 39.9 Å². The number of hydrogen-bond donors (Lipinski definition) is 6. The van der Waals surface area contributed by atoms with Crippen LogP contribution in [0, 0.1) is 0 Å². The minimum atomic E-state index is -1.27. The molecule has 0 bridgehead atoms. The molecule has 0 aromatic carbocycles. The quantitative estimate of drug-likeness (QED) is 0.0472. The maximum Gasteiger partial charge on any atom is 0.353 e. The van der Waals surface area contributed by atoms with Gasteiger partial charge >= 0.3 is 5.97 Å². The number of carboxylic acids is 1. The molecule has 2 aromatic rings. The number of anilines is 3. The van der Waals surface area contributed by atoms with E-state index in [1.54, 1.807) is 6.07 Å². The van der Waals surface area contributed by atoms with E-state index in [9.17, 15) is 24.7 Å². The highest BCUT2D eigenvalue weighted by atomic mass is 35.5. The van der Waals surface area contributed by atoms with Crippen LogP contribution in [0.15, 0.2) is 26.9 Å². The summed E-state index contributed by atoms with van der Waals surface area (Å²) < 4.78 is 0.0343. The fourth-order valence-electron chi connectivity index (χ4n) is 3.27. The van der Waals surface area contributed by atoms with Gasteiger partial charge in [0, 0.05) is 21.8 Å². The minimum absolute atomic E-state index is 0.0261. The van der Waals surface area contributed by atoms with Crippen LogP contribution in [0.1, 0.15) is 5.69 Å². The van der Waals surface area contributed by atoms with Crippen molar-refractivity contribution >= 4 is 98.6 Å². The van der Waals surface area contributed by atoms with Crippen molar-refractivity contribution in [1.82, 2.24) is 25.2 Å². The summed E-state index contributed by atoms with van der Waals surface area (Å²) in [5.74, 6) is -2.28. The van der Waals surface area contributed by atoms with E-state index in [0.29, 0.717) is 15.0 Å². The van der Waals surface area contributed by atoms with Crippen LogP contribution in [0.5, 0.6) is 0 Å². The van der Waals surface area contributed by atoms with Crippen LogP contribution < -0.4 is 22.5 Å². The Morgan fingerprint density at radius 2 is 2.03 bits per heavy atom. The van der Waals surface area contributed by atoms with Gasteiger partial charge in [0.25, 0.3) is 11.8 Å².